The molecule has 0 heterocycles. The SMILES string of the molecule is NCCSSCCNC(=O)CCC(=O)NCCSSCCNC(=O)CCC(=O)NCCSSCCN. The smallest absolute Gasteiger partial charge is 0.220 e. The number of carbonyl (C=O) groups excluding carboxylic acids is 4. The van der Waals surface area contributed by atoms with Crippen molar-refractivity contribution in [2.24, 2.45) is 11.5 Å². The van der Waals surface area contributed by atoms with Gasteiger partial charge in [0, 0.05) is 99.5 Å². The van der Waals surface area contributed by atoms with Crippen molar-refractivity contribution in [1.82, 2.24) is 21.3 Å². The van der Waals surface area contributed by atoms with Gasteiger partial charge in [-0.1, -0.05) is 64.8 Å². The molecule has 0 unspecified atom stereocenters. The van der Waals surface area contributed by atoms with Crippen LogP contribution < -0.4 is 32.7 Å². The zero-order chi connectivity index (χ0) is 26.7. The van der Waals surface area contributed by atoms with Crippen molar-refractivity contribution in [3.63, 3.8) is 0 Å². The van der Waals surface area contributed by atoms with Crippen LogP contribution in [0.15, 0.2) is 0 Å². The first-order chi connectivity index (χ1) is 17.5. The highest BCUT2D eigenvalue weighted by molar-refractivity contribution is 8.77. The Hall–Kier alpha value is -0.100. The van der Waals surface area contributed by atoms with Crippen LogP contribution in [0.5, 0.6) is 0 Å². The van der Waals surface area contributed by atoms with Crippen LogP contribution in [-0.2, 0) is 19.2 Å². The molecule has 0 aromatic heterocycles. The van der Waals surface area contributed by atoms with E-state index < -0.39 is 0 Å². The molecule has 0 spiro atoms. The quantitative estimate of drug-likeness (QED) is 0.0635. The van der Waals surface area contributed by atoms with E-state index in [0.29, 0.717) is 39.3 Å². The fourth-order valence-corrected chi connectivity index (χ4v) is 7.53. The molecule has 10 nitrogen and oxygen atoms in total. The van der Waals surface area contributed by atoms with Gasteiger partial charge in [-0.3, -0.25) is 19.2 Å². The van der Waals surface area contributed by atoms with Crippen LogP contribution in [0.3, 0.4) is 0 Å². The van der Waals surface area contributed by atoms with Crippen LogP contribution in [0.1, 0.15) is 25.7 Å². The zero-order valence-electron chi connectivity index (χ0n) is 20.6. The summed E-state index contributed by atoms with van der Waals surface area (Å²) in [6, 6.07) is 0. The van der Waals surface area contributed by atoms with Gasteiger partial charge in [-0.05, 0) is 0 Å². The number of rotatable bonds is 25. The fourth-order valence-electron chi connectivity index (χ4n) is 2.19. The standard InChI is InChI=1S/C20H40N6O4S6/c21-5-11-31-33-13-7-23-17(27)1-3-19(29)25-9-15-35-36-16-10-26-20(30)4-2-18(28)24-8-14-34-32-12-6-22/h1-16,21-22H2,(H,23,27)(H,24,28)(H,25,29)(H,26,30). The largest absolute Gasteiger partial charge is 0.355 e. The number of hydrogen-bond acceptors (Lipinski definition) is 12. The Morgan fingerprint density at radius 2 is 0.639 bits per heavy atom. The van der Waals surface area contributed by atoms with Gasteiger partial charge in [-0.15, -0.1) is 0 Å². The molecule has 0 radical (unpaired) electrons. The maximum atomic E-state index is 11.8. The molecule has 0 saturated carbocycles. The topological polar surface area (TPSA) is 168 Å². The molecule has 8 N–H and O–H groups in total. The monoisotopic (exact) mass is 620 g/mol. The lowest BCUT2D eigenvalue weighted by Crippen LogP contribution is -2.30. The van der Waals surface area contributed by atoms with Crippen molar-refractivity contribution in [1.29, 1.82) is 0 Å². The summed E-state index contributed by atoms with van der Waals surface area (Å²) in [5.74, 6) is 4.38. The first-order valence-corrected chi connectivity index (χ1v) is 19.2. The van der Waals surface area contributed by atoms with E-state index in [9.17, 15) is 19.2 Å². The zero-order valence-corrected chi connectivity index (χ0v) is 25.4. The van der Waals surface area contributed by atoms with Gasteiger partial charge in [0.2, 0.25) is 23.6 Å². The molecule has 36 heavy (non-hydrogen) atoms. The summed E-state index contributed by atoms with van der Waals surface area (Å²) in [7, 11) is 9.94. The first kappa shape index (κ1) is 35.9. The highest BCUT2D eigenvalue weighted by Crippen LogP contribution is 2.20. The van der Waals surface area contributed by atoms with Crippen LogP contribution in [0.25, 0.3) is 0 Å². The van der Waals surface area contributed by atoms with Crippen molar-refractivity contribution in [3.8, 4) is 0 Å². The highest BCUT2D eigenvalue weighted by atomic mass is 33.1. The van der Waals surface area contributed by atoms with E-state index in [1.165, 1.54) is 0 Å². The third kappa shape index (κ3) is 26.9. The number of amides is 4. The Morgan fingerprint density at radius 1 is 0.417 bits per heavy atom. The molecule has 0 aromatic carbocycles. The summed E-state index contributed by atoms with van der Waals surface area (Å²) in [5.41, 5.74) is 10.8. The maximum absolute atomic E-state index is 11.8. The molecule has 0 aliphatic rings. The number of nitrogens with one attached hydrogen (secondary N) is 4. The minimum Gasteiger partial charge on any atom is -0.355 e. The molecule has 0 rings (SSSR count). The average Bonchev–Trinajstić information content (AvgIpc) is 2.87. The molecular weight excluding hydrogens is 581 g/mol. The predicted octanol–water partition coefficient (Wildman–Crippen LogP) is 1.07. The van der Waals surface area contributed by atoms with Crippen molar-refractivity contribution < 1.29 is 19.2 Å². The van der Waals surface area contributed by atoms with Gasteiger partial charge in [0.15, 0.2) is 0 Å². The normalized spacial score (nSPS) is 10.6. The van der Waals surface area contributed by atoms with Gasteiger partial charge >= 0.3 is 0 Å². The number of carbonyl (C=O) groups is 4. The van der Waals surface area contributed by atoms with Crippen molar-refractivity contribution in [3.05, 3.63) is 0 Å². The molecule has 0 aliphatic heterocycles. The summed E-state index contributed by atoms with van der Waals surface area (Å²) in [4.78, 5) is 47.1. The van der Waals surface area contributed by atoms with E-state index in [1.807, 2.05) is 0 Å². The lowest BCUT2D eigenvalue weighted by molar-refractivity contribution is -0.126. The van der Waals surface area contributed by atoms with E-state index in [1.54, 1.807) is 64.8 Å². The minimum atomic E-state index is -0.135. The Bertz CT molecular complexity index is 559. The lowest BCUT2D eigenvalue weighted by Gasteiger charge is -2.07. The minimum absolute atomic E-state index is 0.116. The molecule has 0 bridgehead atoms. The lowest BCUT2D eigenvalue weighted by atomic mass is 10.3. The maximum Gasteiger partial charge on any atom is 0.220 e. The van der Waals surface area contributed by atoms with Crippen LogP contribution >= 0.6 is 64.8 Å². The van der Waals surface area contributed by atoms with Gasteiger partial charge in [0.05, 0.1) is 0 Å². The molecule has 0 saturated heterocycles. The fraction of sp³-hybridized carbons (Fsp3) is 0.800. The summed E-state index contributed by atoms with van der Waals surface area (Å²) in [5, 5.41) is 11.2. The molecule has 16 heteroatoms. The van der Waals surface area contributed by atoms with Gasteiger partial charge < -0.3 is 32.7 Å². The molecule has 0 aliphatic carbocycles. The van der Waals surface area contributed by atoms with E-state index in [-0.39, 0.29) is 49.3 Å². The molecule has 0 atom stereocenters. The average molecular weight is 621 g/mol. The van der Waals surface area contributed by atoms with Crippen LogP contribution in [-0.4, -0.2) is 97.4 Å². The summed E-state index contributed by atoms with van der Waals surface area (Å²) in [6.07, 6.45) is 0.720. The Kier molecular flexibility index (Phi) is 27.8. The predicted molar refractivity (Wildman–Crippen MR) is 163 cm³/mol. The Balaban J connectivity index is 3.46. The van der Waals surface area contributed by atoms with E-state index in [2.05, 4.69) is 21.3 Å². The van der Waals surface area contributed by atoms with E-state index in [4.69, 9.17) is 11.5 Å². The first-order valence-electron chi connectivity index (χ1n) is 11.7. The van der Waals surface area contributed by atoms with Gasteiger partial charge in [-0.25, -0.2) is 0 Å². The molecular formula is C20H40N6O4S6. The van der Waals surface area contributed by atoms with Gasteiger partial charge in [-0.2, -0.15) is 0 Å². The third-order valence-corrected chi connectivity index (χ3v) is 11.1. The van der Waals surface area contributed by atoms with Crippen molar-refractivity contribution >= 4 is 88.4 Å². The van der Waals surface area contributed by atoms with Crippen molar-refractivity contribution in [2.75, 3.05) is 73.8 Å². The summed E-state index contributed by atoms with van der Waals surface area (Å²) >= 11 is 0. The third-order valence-electron chi connectivity index (χ3n) is 3.84. The van der Waals surface area contributed by atoms with Crippen molar-refractivity contribution in [2.45, 2.75) is 25.7 Å². The second-order valence-corrected chi connectivity index (χ2v) is 15.0. The molecule has 0 aromatic rings. The summed E-state index contributed by atoms with van der Waals surface area (Å²) < 4.78 is 0. The summed E-state index contributed by atoms with van der Waals surface area (Å²) in [6.45, 7) is 3.51. The molecule has 210 valence electrons. The van der Waals surface area contributed by atoms with Gasteiger partial charge in [0.1, 0.15) is 0 Å². The van der Waals surface area contributed by atoms with Gasteiger partial charge in [0.25, 0.3) is 0 Å². The number of nitrogens with two attached hydrogens (primary N) is 2. The highest BCUT2D eigenvalue weighted by Gasteiger charge is 2.07. The second kappa shape index (κ2) is 27.9. The number of hydrogen-bond donors (Lipinski definition) is 6. The molecule has 0 fully saturated rings. The Labute approximate surface area is 238 Å². The van der Waals surface area contributed by atoms with Crippen LogP contribution in [0.2, 0.25) is 0 Å². The van der Waals surface area contributed by atoms with Crippen LogP contribution in [0.4, 0.5) is 0 Å². The van der Waals surface area contributed by atoms with Crippen LogP contribution in [0, 0.1) is 0 Å². The second-order valence-electron chi connectivity index (χ2n) is 6.91. The Morgan fingerprint density at radius 3 is 0.861 bits per heavy atom. The van der Waals surface area contributed by atoms with E-state index >= 15 is 0 Å². The molecule has 4 amide bonds. The van der Waals surface area contributed by atoms with E-state index in [0.717, 1.165) is 34.5 Å².